The van der Waals surface area contributed by atoms with E-state index >= 15 is 0 Å². The first-order chi connectivity index (χ1) is 7.81. The van der Waals surface area contributed by atoms with E-state index in [0.29, 0.717) is 0 Å². The van der Waals surface area contributed by atoms with Crippen LogP contribution in [-0.2, 0) is 0 Å². The Hall–Kier alpha value is -1.92. The topological polar surface area (TPSA) is 69.6 Å². The van der Waals surface area contributed by atoms with Gasteiger partial charge in [0.25, 0.3) is 5.91 Å². The molecule has 1 amide bonds. The van der Waals surface area contributed by atoms with Crippen molar-refractivity contribution in [2.24, 2.45) is 0 Å². The zero-order valence-corrected chi connectivity index (χ0v) is 8.58. The van der Waals surface area contributed by atoms with Crippen molar-refractivity contribution in [1.82, 2.24) is 5.32 Å². The van der Waals surface area contributed by atoms with Crippen molar-refractivity contribution >= 4 is 5.91 Å². The number of hydrogen-bond acceptors (Lipinski definition) is 3. The number of amides is 1. The summed E-state index contributed by atoms with van der Waals surface area (Å²) in [5.74, 6) is -2.03. The number of para-hydroxylation sites is 1. The third-order valence-corrected chi connectivity index (χ3v) is 1.95. The maximum Gasteiger partial charge on any atom is 0.390 e. The van der Waals surface area contributed by atoms with Crippen LogP contribution in [0.4, 0.5) is 13.2 Å². The molecule has 0 heterocycles. The summed E-state index contributed by atoms with van der Waals surface area (Å²) in [6, 6.07) is 3.65. The summed E-state index contributed by atoms with van der Waals surface area (Å²) in [7, 11) is 0. The first kappa shape index (κ1) is 13.1. The molecular weight excluding hydrogens is 239 g/mol. The number of benzene rings is 1. The van der Waals surface area contributed by atoms with Gasteiger partial charge in [0.15, 0.2) is 11.5 Å². The maximum absolute atomic E-state index is 11.8. The Labute approximate surface area is 94.7 Å². The second-order valence-electron chi connectivity index (χ2n) is 3.29. The molecule has 0 radical (unpaired) electrons. The van der Waals surface area contributed by atoms with Gasteiger partial charge < -0.3 is 15.5 Å². The number of rotatable bonds is 3. The van der Waals surface area contributed by atoms with Gasteiger partial charge in [0.2, 0.25) is 0 Å². The van der Waals surface area contributed by atoms with Crippen LogP contribution in [0.25, 0.3) is 0 Å². The summed E-state index contributed by atoms with van der Waals surface area (Å²) in [4.78, 5) is 11.4. The summed E-state index contributed by atoms with van der Waals surface area (Å²) < 4.78 is 35.4. The van der Waals surface area contributed by atoms with Crippen molar-refractivity contribution in [3.05, 3.63) is 23.8 Å². The van der Waals surface area contributed by atoms with Crippen LogP contribution in [0.3, 0.4) is 0 Å². The fraction of sp³-hybridized carbons (Fsp3) is 0.300. The van der Waals surface area contributed by atoms with Gasteiger partial charge in [-0.15, -0.1) is 0 Å². The quantitative estimate of drug-likeness (QED) is 0.715. The van der Waals surface area contributed by atoms with Gasteiger partial charge in [0.05, 0.1) is 12.0 Å². The number of hydrogen-bond donors (Lipinski definition) is 3. The highest BCUT2D eigenvalue weighted by Crippen LogP contribution is 2.28. The first-order valence-electron chi connectivity index (χ1n) is 4.67. The number of carbonyl (C=O) groups is 1. The largest absolute Gasteiger partial charge is 0.504 e. The summed E-state index contributed by atoms with van der Waals surface area (Å²) in [6.45, 7) is -0.586. The minimum atomic E-state index is -4.35. The van der Waals surface area contributed by atoms with Crippen LogP contribution in [-0.4, -0.2) is 28.8 Å². The number of nitrogens with one attached hydrogen (secondary N) is 1. The van der Waals surface area contributed by atoms with E-state index in [-0.39, 0.29) is 5.56 Å². The fourth-order valence-electron chi connectivity index (χ4n) is 1.13. The van der Waals surface area contributed by atoms with Gasteiger partial charge in [0, 0.05) is 6.54 Å². The summed E-state index contributed by atoms with van der Waals surface area (Å²) >= 11 is 0. The number of carbonyl (C=O) groups excluding carboxylic acids is 1. The summed E-state index contributed by atoms with van der Waals surface area (Å²) in [6.07, 6.45) is -5.51. The molecule has 0 spiro atoms. The van der Waals surface area contributed by atoms with Crippen molar-refractivity contribution in [2.75, 3.05) is 6.54 Å². The van der Waals surface area contributed by atoms with E-state index in [2.05, 4.69) is 0 Å². The third-order valence-electron chi connectivity index (χ3n) is 1.95. The van der Waals surface area contributed by atoms with Crippen molar-refractivity contribution < 1.29 is 28.2 Å². The Balaban J connectivity index is 2.62. The van der Waals surface area contributed by atoms with Crippen LogP contribution in [0, 0.1) is 0 Å². The lowest BCUT2D eigenvalue weighted by Crippen LogP contribution is -2.27. The lowest BCUT2D eigenvalue weighted by Gasteiger charge is -2.09. The van der Waals surface area contributed by atoms with Crippen molar-refractivity contribution in [1.29, 1.82) is 0 Å². The number of phenolic OH excluding ortho intramolecular Hbond substituents is 2. The predicted molar refractivity (Wildman–Crippen MR) is 52.8 cm³/mol. The molecule has 0 aliphatic heterocycles. The second kappa shape index (κ2) is 4.94. The van der Waals surface area contributed by atoms with Gasteiger partial charge in [-0.25, -0.2) is 0 Å². The standard InChI is InChI=1S/C10H10F3NO3/c11-10(12,13)4-5-14-9(17)6-2-1-3-7(15)8(6)16/h1-3,15-16H,4-5H2,(H,14,17). The minimum absolute atomic E-state index is 0.271. The normalized spacial score (nSPS) is 11.2. The smallest absolute Gasteiger partial charge is 0.390 e. The van der Waals surface area contributed by atoms with E-state index in [1.807, 2.05) is 5.32 Å². The Morgan fingerprint density at radius 1 is 1.29 bits per heavy atom. The first-order valence-corrected chi connectivity index (χ1v) is 4.67. The molecule has 1 aromatic rings. The van der Waals surface area contributed by atoms with E-state index in [4.69, 9.17) is 5.11 Å². The van der Waals surface area contributed by atoms with Crippen LogP contribution in [0.2, 0.25) is 0 Å². The summed E-state index contributed by atoms with van der Waals surface area (Å²) in [5, 5.41) is 20.4. The maximum atomic E-state index is 11.8. The zero-order valence-electron chi connectivity index (χ0n) is 8.58. The lowest BCUT2D eigenvalue weighted by molar-refractivity contribution is -0.132. The van der Waals surface area contributed by atoms with Crippen LogP contribution in [0.15, 0.2) is 18.2 Å². The van der Waals surface area contributed by atoms with Gasteiger partial charge in [0.1, 0.15) is 0 Å². The van der Waals surface area contributed by atoms with Crippen molar-refractivity contribution in [3.63, 3.8) is 0 Å². The average molecular weight is 249 g/mol. The number of aromatic hydroxyl groups is 2. The van der Waals surface area contributed by atoms with Crippen molar-refractivity contribution in [2.45, 2.75) is 12.6 Å². The molecule has 0 aliphatic rings. The Morgan fingerprint density at radius 3 is 2.53 bits per heavy atom. The molecule has 0 atom stereocenters. The minimum Gasteiger partial charge on any atom is -0.504 e. The fourth-order valence-corrected chi connectivity index (χ4v) is 1.13. The third kappa shape index (κ3) is 3.86. The van der Waals surface area contributed by atoms with E-state index in [1.165, 1.54) is 12.1 Å². The van der Waals surface area contributed by atoms with Crippen molar-refractivity contribution in [3.8, 4) is 11.5 Å². The van der Waals surface area contributed by atoms with Gasteiger partial charge in [-0.1, -0.05) is 6.07 Å². The van der Waals surface area contributed by atoms with Gasteiger partial charge in [-0.05, 0) is 12.1 Å². The highest BCUT2D eigenvalue weighted by atomic mass is 19.4. The van der Waals surface area contributed by atoms with E-state index in [1.54, 1.807) is 0 Å². The lowest BCUT2D eigenvalue weighted by atomic mass is 10.1. The molecule has 0 saturated heterocycles. The number of halogens is 3. The molecule has 3 N–H and O–H groups in total. The molecular formula is C10H10F3NO3. The van der Waals surface area contributed by atoms with Crippen LogP contribution in [0.1, 0.15) is 16.8 Å². The predicted octanol–water partition coefficient (Wildman–Crippen LogP) is 1.78. The van der Waals surface area contributed by atoms with E-state index < -0.39 is 36.5 Å². The van der Waals surface area contributed by atoms with E-state index in [9.17, 15) is 23.1 Å². The summed E-state index contributed by atoms with van der Waals surface area (Å²) in [5.41, 5.74) is -0.271. The molecule has 0 aliphatic carbocycles. The van der Waals surface area contributed by atoms with Gasteiger partial charge in [-0.2, -0.15) is 13.2 Å². The monoisotopic (exact) mass is 249 g/mol. The molecule has 0 fully saturated rings. The number of phenols is 2. The molecule has 17 heavy (non-hydrogen) atoms. The second-order valence-corrected chi connectivity index (χ2v) is 3.29. The van der Waals surface area contributed by atoms with Gasteiger partial charge >= 0.3 is 6.18 Å². The molecule has 7 heteroatoms. The highest BCUT2D eigenvalue weighted by Gasteiger charge is 2.26. The van der Waals surface area contributed by atoms with E-state index in [0.717, 1.165) is 6.07 Å². The Morgan fingerprint density at radius 2 is 1.94 bits per heavy atom. The highest BCUT2D eigenvalue weighted by molar-refractivity contribution is 5.97. The molecule has 0 unspecified atom stereocenters. The molecule has 94 valence electrons. The van der Waals surface area contributed by atoms with Crippen LogP contribution in [0.5, 0.6) is 11.5 Å². The SMILES string of the molecule is O=C(NCCC(F)(F)F)c1cccc(O)c1O. The molecule has 0 bridgehead atoms. The molecule has 0 aromatic heterocycles. The Kier molecular flexibility index (Phi) is 3.82. The average Bonchev–Trinajstić information content (AvgIpc) is 2.20. The van der Waals surface area contributed by atoms with Gasteiger partial charge in [-0.3, -0.25) is 4.79 Å². The van der Waals surface area contributed by atoms with Crippen LogP contribution < -0.4 is 5.32 Å². The van der Waals surface area contributed by atoms with Crippen LogP contribution >= 0.6 is 0 Å². The Bertz CT molecular complexity index is 418. The molecule has 0 saturated carbocycles. The number of alkyl halides is 3. The molecule has 1 rings (SSSR count). The molecule has 1 aromatic carbocycles. The zero-order chi connectivity index (χ0) is 13.1. The molecule has 4 nitrogen and oxygen atoms in total.